The molecule has 0 saturated heterocycles. The van der Waals surface area contributed by atoms with Crippen molar-refractivity contribution in [3.05, 3.63) is 0 Å². The fraction of sp³-hybridized carbons (Fsp3) is 0.500. The molecule has 0 atom stereocenters. The van der Waals surface area contributed by atoms with Gasteiger partial charge in [0.1, 0.15) is 0 Å². The van der Waals surface area contributed by atoms with E-state index in [-0.39, 0.29) is 83.0 Å². The summed E-state index contributed by atoms with van der Waals surface area (Å²) in [4.78, 5) is 8.89. The minimum atomic E-state index is -1.08. The van der Waals surface area contributed by atoms with Crippen LogP contribution in [0.4, 0.5) is 0 Å². The summed E-state index contributed by atoms with van der Waals surface area (Å²) in [5.41, 5.74) is 0. The molecule has 0 bridgehead atoms. The summed E-state index contributed by atoms with van der Waals surface area (Å²) >= 11 is 0. The van der Waals surface area contributed by atoms with Gasteiger partial charge in [0.15, 0.2) is 0 Å². The largest absolute Gasteiger partial charge is 2.00 e. The molecule has 0 aromatic rings. The predicted molar refractivity (Wildman–Crippen MR) is 38.1 cm³/mol. The molecule has 0 heterocycles. The van der Waals surface area contributed by atoms with Crippen molar-refractivity contribution in [1.29, 1.82) is 0 Å². The molecule has 0 amide bonds. The standard InChI is InChI=1S/C2H4O2.Ca.ClH.6H2O/c1-2(3)4;;;;;;;;/h1H3,(H,3,4);;1H;6*1H2/q;+2;;;;;;;/p-2. The van der Waals surface area contributed by atoms with Crippen LogP contribution in [0.5, 0.6) is 0 Å². The molecule has 0 fully saturated rings. The number of aliphatic carboxylic acids is 1. The Balaban J connectivity index is -0.00000000161. The van der Waals surface area contributed by atoms with Crippen LogP contribution in [-0.2, 0) is 4.79 Å². The van der Waals surface area contributed by atoms with Gasteiger partial charge in [-0.25, -0.2) is 0 Å². The molecule has 12 heavy (non-hydrogen) atoms. The van der Waals surface area contributed by atoms with E-state index in [4.69, 9.17) is 9.90 Å². The van der Waals surface area contributed by atoms with Gasteiger partial charge in [0.2, 0.25) is 0 Å². The quantitative estimate of drug-likeness (QED) is 0.376. The van der Waals surface area contributed by atoms with E-state index in [1.807, 2.05) is 0 Å². The van der Waals surface area contributed by atoms with E-state index < -0.39 is 5.97 Å². The van der Waals surface area contributed by atoms with Crippen molar-refractivity contribution in [3.8, 4) is 0 Å². The molecule has 0 saturated carbocycles. The average molecular weight is 243 g/mol. The van der Waals surface area contributed by atoms with Gasteiger partial charge in [-0.3, -0.25) is 0 Å². The first kappa shape index (κ1) is 124. The summed E-state index contributed by atoms with van der Waals surface area (Å²) in [6.07, 6.45) is 0. The van der Waals surface area contributed by atoms with Crippen molar-refractivity contribution in [2.75, 3.05) is 0 Å². The van der Waals surface area contributed by atoms with Gasteiger partial charge in [0.25, 0.3) is 0 Å². The summed E-state index contributed by atoms with van der Waals surface area (Å²) in [7, 11) is 0. The van der Waals surface area contributed by atoms with Gasteiger partial charge in [-0.15, -0.1) is 0 Å². The van der Waals surface area contributed by atoms with Crippen LogP contribution in [0.1, 0.15) is 6.92 Å². The van der Waals surface area contributed by atoms with Gasteiger partial charge >= 0.3 is 37.7 Å². The molecule has 80 valence electrons. The fourth-order valence-corrected chi connectivity index (χ4v) is 0. The number of carbonyl (C=O) groups excluding carboxylic acids is 1. The van der Waals surface area contributed by atoms with Gasteiger partial charge in [-0.1, -0.05) is 0 Å². The van der Waals surface area contributed by atoms with Gasteiger partial charge < -0.3 is 55.2 Å². The Morgan fingerprint density at radius 2 is 0.917 bits per heavy atom. The van der Waals surface area contributed by atoms with Crippen LogP contribution >= 0.6 is 0 Å². The van der Waals surface area contributed by atoms with Crippen molar-refractivity contribution in [3.63, 3.8) is 0 Å². The van der Waals surface area contributed by atoms with E-state index in [0.29, 0.717) is 0 Å². The smallest absolute Gasteiger partial charge is 1.00 e. The average Bonchev–Trinajstić information content (AvgIpc) is 0.811. The second-order valence-corrected chi connectivity index (χ2v) is 0.492. The molecule has 0 aliphatic rings. The topological polar surface area (TPSA) is 229 Å². The number of rotatable bonds is 0. The monoisotopic (exact) mass is 242 g/mol. The van der Waals surface area contributed by atoms with Gasteiger partial charge in [-0.05, 0) is 6.92 Å². The minimum absolute atomic E-state index is 0. The first-order valence-corrected chi connectivity index (χ1v) is 0.908. The van der Waals surface area contributed by atoms with Crippen LogP contribution < -0.4 is 17.5 Å². The summed E-state index contributed by atoms with van der Waals surface area (Å²) in [6, 6.07) is 0. The van der Waals surface area contributed by atoms with E-state index >= 15 is 0 Å². The summed E-state index contributed by atoms with van der Waals surface area (Å²) in [6.45, 7) is 0.972. The van der Waals surface area contributed by atoms with Crippen LogP contribution in [0.2, 0.25) is 0 Å². The maximum absolute atomic E-state index is 8.89. The molecule has 0 radical (unpaired) electrons. The molecule has 0 aliphatic heterocycles. The molecule has 0 aliphatic carbocycles. The zero-order valence-electron chi connectivity index (χ0n) is 6.40. The molecule has 0 unspecified atom stereocenters. The Kier molecular flexibility index (Phi) is 991. The second-order valence-electron chi connectivity index (χ2n) is 0.492. The Morgan fingerprint density at radius 1 is 0.917 bits per heavy atom. The van der Waals surface area contributed by atoms with Gasteiger partial charge in [0, 0.05) is 5.97 Å². The molecule has 8 nitrogen and oxygen atoms in total. The van der Waals surface area contributed by atoms with E-state index in [2.05, 4.69) is 0 Å². The molecule has 0 aromatic carbocycles. The number of halogens is 1. The molecule has 0 rings (SSSR count). The second kappa shape index (κ2) is 95.8. The number of carboxylic acid groups (broad SMARTS) is 1. The number of carbonyl (C=O) groups is 1. The number of hydrogen-bond donors (Lipinski definition) is 0. The normalized spacial score (nSPS) is 2.08. The van der Waals surface area contributed by atoms with Crippen LogP contribution in [0.3, 0.4) is 0 Å². The molecular formula is C2H15CaClO8. The van der Waals surface area contributed by atoms with Crippen LogP contribution in [0, 0.1) is 0 Å². The SMILES string of the molecule is CC(=O)[O-].O.O.O.O.O.O.[Ca+2].[Cl-]. The first-order valence-electron chi connectivity index (χ1n) is 0.908. The van der Waals surface area contributed by atoms with Crippen molar-refractivity contribution in [2.24, 2.45) is 0 Å². The summed E-state index contributed by atoms with van der Waals surface area (Å²) in [5.74, 6) is -1.08. The van der Waals surface area contributed by atoms with Crippen molar-refractivity contribution in [2.45, 2.75) is 6.92 Å². The van der Waals surface area contributed by atoms with Crippen LogP contribution in [0.25, 0.3) is 0 Å². The maximum atomic E-state index is 8.89. The Morgan fingerprint density at radius 3 is 0.917 bits per heavy atom. The third kappa shape index (κ3) is 1700. The molecule has 10 heteroatoms. The molecule has 12 N–H and O–H groups in total. The molecule has 0 aromatic heterocycles. The Labute approximate surface area is 105 Å². The van der Waals surface area contributed by atoms with Crippen LogP contribution in [0.15, 0.2) is 0 Å². The number of carboxylic acids is 1. The van der Waals surface area contributed by atoms with Crippen LogP contribution in [-0.4, -0.2) is 76.6 Å². The number of hydrogen-bond acceptors (Lipinski definition) is 2. The molecular weight excluding hydrogens is 228 g/mol. The summed E-state index contributed by atoms with van der Waals surface area (Å²) < 4.78 is 0. The third-order valence-electron chi connectivity index (χ3n) is 0. The van der Waals surface area contributed by atoms with E-state index in [1.165, 1.54) is 0 Å². The van der Waals surface area contributed by atoms with Crippen molar-refractivity contribution in [1.82, 2.24) is 0 Å². The van der Waals surface area contributed by atoms with E-state index in [9.17, 15) is 0 Å². The summed E-state index contributed by atoms with van der Waals surface area (Å²) in [5, 5.41) is 8.89. The van der Waals surface area contributed by atoms with Crippen molar-refractivity contribution < 1.29 is 55.2 Å². The minimum Gasteiger partial charge on any atom is -1.00 e. The van der Waals surface area contributed by atoms with E-state index in [0.717, 1.165) is 6.92 Å². The fourth-order valence-electron chi connectivity index (χ4n) is 0. The Hall–Kier alpha value is 0.780. The van der Waals surface area contributed by atoms with Gasteiger partial charge in [-0.2, -0.15) is 0 Å². The van der Waals surface area contributed by atoms with Gasteiger partial charge in [0.05, 0.1) is 0 Å². The third-order valence-corrected chi connectivity index (χ3v) is 0. The first-order chi connectivity index (χ1) is 1.73. The van der Waals surface area contributed by atoms with Crippen molar-refractivity contribution >= 4 is 43.7 Å². The molecule has 0 spiro atoms. The zero-order chi connectivity index (χ0) is 3.58. The van der Waals surface area contributed by atoms with E-state index in [1.54, 1.807) is 0 Å². The zero-order valence-corrected chi connectivity index (χ0v) is 9.37. The predicted octanol–water partition coefficient (Wildman–Crippen LogP) is -9.57. The maximum Gasteiger partial charge on any atom is 2.00 e. The Bertz CT molecular complexity index is 40.0.